The number of carbonyl (C=O) groups excluding carboxylic acids is 1. The predicted octanol–water partition coefficient (Wildman–Crippen LogP) is 4.32. The van der Waals surface area contributed by atoms with E-state index in [1.54, 1.807) is 12.1 Å². The molecule has 4 rings (SSSR count). The second kappa shape index (κ2) is 7.41. The lowest BCUT2D eigenvalue weighted by Gasteiger charge is -2.10. The summed E-state index contributed by atoms with van der Waals surface area (Å²) in [6.07, 6.45) is 2.28. The highest BCUT2D eigenvalue weighted by atomic mass is 32.2. The molecular formula is C20H18FN3OS. The van der Waals surface area contributed by atoms with E-state index in [1.165, 1.54) is 29.5 Å². The number of Topliss-reactive ketones (excluding diaryl/α,β-unsaturated/α-hetero) is 1. The van der Waals surface area contributed by atoms with Gasteiger partial charge in [0.15, 0.2) is 10.9 Å². The molecular weight excluding hydrogens is 349 g/mol. The van der Waals surface area contributed by atoms with E-state index < -0.39 is 5.82 Å². The lowest BCUT2D eigenvalue weighted by atomic mass is 10.1. The quantitative estimate of drug-likeness (QED) is 0.461. The van der Waals surface area contributed by atoms with Gasteiger partial charge < -0.3 is 4.57 Å². The van der Waals surface area contributed by atoms with Gasteiger partial charge in [0.05, 0.1) is 12.3 Å². The van der Waals surface area contributed by atoms with Gasteiger partial charge in [0.2, 0.25) is 0 Å². The summed E-state index contributed by atoms with van der Waals surface area (Å²) >= 11 is 1.36. The molecule has 0 radical (unpaired) electrons. The van der Waals surface area contributed by atoms with Gasteiger partial charge in [-0.2, -0.15) is 0 Å². The van der Waals surface area contributed by atoms with E-state index in [-0.39, 0.29) is 11.5 Å². The maximum Gasteiger partial charge on any atom is 0.191 e. The minimum Gasteiger partial charge on any atom is -0.301 e. The van der Waals surface area contributed by atoms with Gasteiger partial charge in [0.25, 0.3) is 0 Å². The highest BCUT2D eigenvalue weighted by molar-refractivity contribution is 7.99. The van der Waals surface area contributed by atoms with Crippen molar-refractivity contribution < 1.29 is 9.18 Å². The van der Waals surface area contributed by atoms with E-state index in [0.29, 0.717) is 18.0 Å². The Kier molecular flexibility index (Phi) is 4.84. The van der Waals surface area contributed by atoms with Crippen molar-refractivity contribution in [3.8, 4) is 0 Å². The fraction of sp³-hybridized carbons (Fsp3) is 0.250. The maximum atomic E-state index is 13.3. The molecule has 0 aliphatic heterocycles. The predicted molar refractivity (Wildman–Crippen MR) is 99.0 cm³/mol. The summed E-state index contributed by atoms with van der Waals surface area (Å²) in [7, 11) is 0. The van der Waals surface area contributed by atoms with Crippen LogP contribution in [-0.2, 0) is 6.54 Å². The van der Waals surface area contributed by atoms with Gasteiger partial charge in [0, 0.05) is 11.5 Å². The molecule has 0 atom stereocenters. The average molecular weight is 367 g/mol. The maximum absolute atomic E-state index is 13.3. The Morgan fingerprint density at radius 2 is 1.92 bits per heavy atom. The molecule has 1 aliphatic rings. The molecule has 1 fully saturated rings. The average Bonchev–Trinajstić information content (AvgIpc) is 3.43. The van der Waals surface area contributed by atoms with Crippen molar-refractivity contribution in [2.75, 3.05) is 5.75 Å². The van der Waals surface area contributed by atoms with Gasteiger partial charge in [-0.25, -0.2) is 4.39 Å². The number of hydrogen-bond donors (Lipinski definition) is 0. The van der Waals surface area contributed by atoms with Crippen molar-refractivity contribution in [2.24, 2.45) is 0 Å². The van der Waals surface area contributed by atoms with Crippen LogP contribution >= 0.6 is 11.8 Å². The van der Waals surface area contributed by atoms with Crippen molar-refractivity contribution in [2.45, 2.75) is 30.5 Å². The minimum atomic E-state index is -0.399. The number of halogens is 1. The van der Waals surface area contributed by atoms with E-state index in [9.17, 15) is 9.18 Å². The van der Waals surface area contributed by atoms with Crippen LogP contribution in [-0.4, -0.2) is 26.3 Å². The Morgan fingerprint density at radius 1 is 1.12 bits per heavy atom. The van der Waals surface area contributed by atoms with E-state index in [4.69, 9.17) is 0 Å². The monoisotopic (exact) mass is 367 g/mol. The van der Waals surface area contributed by atoms with Crippen LogP contribution < -0.4 is 0 Å². The second-order valence-electron chi connectivity index (χ2n) is 6.41. The number of carbonyl (C=O) groups is 1. The Morgan fingerprint density at radius 3 is 2.65 bits per heavy atom. The highest BCUT2D eigenvalue weighted by Gasteiger charge is 2.30. The van der Waals surface area contributed by atoms with Gasteiger partial charge in [0.1, 0.15) is 11.6 Å². The normalized spacial score (nSPS) is 13.7. The lowest BCUT2D eigenvalue weighted by Crippen LogP contribution is -2.08. The number of nitrogens with zero attached hydrogens (tertiary/aromatic N) is 3. The fourth-order valence-electron chi connectivity index (χ4n) is 2.84. The lowest BCUT2D eigenvalue weighted by molar-refractivity contribution is 0.102. The zero-order valence-corrected chi connectivity index (χ0v) is 15.0. The molecule has 132 valence electrons. The summed E-state index contributed by atoms with van der Waals surface area (Å²) < 4.78 is 15.4. The van der Waals surface area contributed by atoms with Crippen molar-refractivity contribution in [3.05, 3.63) is 77.4 Å². The summed E-state index contributed by atoms with van der Waals surface area (Å²) in [5.74, 6) is 1.16. The number of benzene rings is 2. The van der Waals surface area contributed by atoms with Crippen LogP contribution in [0.4, 0.5) is 4.39 Å². The van der Waals surface area contributed by atoms with Crippen molar-refractivity contribution in [3.63, 3.8) is 0 Å². The van der Waals surface area contributed by atoms with Gasteiger partial charge >= 0.3 is 0 Å². The number of aromatic nitrogens is 3. The smallest absolute Gasteiger partial charge is 0.191 e. The van der Waals surface area contributed by atoms with E-state index >= 15 is 0 Å². The zero-order valence-electron chi connectivity index (χ0n) is 14.1. The molecule has 0 bridgehead atoms. The molecule has 1 aliphatic carbocycles. The van der Waals surface area contributed by atoms with Gasteiger partial charge in [-0.15, -0.1) is 10.2 Å². The molecule has 4 nitrogen and oxygen atoms in total. The minimum absolute atomic E-state index is 0.114. The number of thioether (sulfide) groups is 1. The molecule has 26 heavy (non-hydrogen) atoms. The summed E-state index contributed by atoms with van der Waals surface area (Å²) in [6.45, 7) is 0.691. The molecule has 0 spiro atoms. The largest absolute Gasteiger partial charge is 0.301 e. The van der Waals surface area contributed by atoms with Crippen molar-refractivity contribution >= 4 is 17.5 Å². The Bertz CT molecular complexity index is 922. The Balaban J connectivity index is 1.52. The third-order valence-corrected chi connectivity index (χ3v) is 5.32. The third-order valence-electron chi connectivity index (χ3n) is 4.35. The second-order valence-corrected chi connectivity index (χ2v) is 7.35. The first kappa shape index (κ1) is 17.0. The fourth-order valence-corrected chi connectivity index (χ4v) is 3.68. The van der Waals surface area contributed by atoms with Crippen LogP contribution in [0.2, 0.25) is 0 Å². The SMILES string of the molecule is O=C(CSc1nnc(C2CC2)n1Cc1ccccc1)c1cccc(F)c1. The van der Waals surface area contributed by atoms with Crippen LogP contribution in [0, 0.1) is 5.82 Å². The summed E-state index contributed by atoms with van der Waals surface area (Å²) in [5, 5.41) is 9.40. The van der Waals surface area contributed by atoms with Crippen LogP contribution in [0.25, 0.3) is 0 Å². The highest BCUT2D eigenvalue weighted by Crippen LogP contribution is 2.40. The van der Waals surface area contributed by atoms with E-state index in [0.717, 1.165) is 23.8 Å². The standard InChI is InChI=1S/C20H18FN3OS/c21-17-8-4-7-16(11-17)18(25)13-26-20-23-22-19(15-9-10-15)24(20)12-14-5-2-1-3-6-14/h1-8,11,15H,9-10,12-13H2. The molecule has 0 N–H and O–H groups in total. The van der Waals surface area contributed by atoms with Gasteiger partial charge in [-0.05, 0) is 30.5 Å². The summed E-state index contributed by atoms with van der Waals surface area (Å²) in [6, 6.07) is 16.0. The first-order valence-electron chi connectivity index (χ1n) is 8.59. The molecule has 0 unspecified atom stereocenters. The van der Waals surface area contributed by atoms with Crippen LogP contribution in [0.15, 0.2) is 59.8 Å². The number of hydrogen-bond acceptors (Lipinski definition) is 4. The van der Waals surface area contributed by atoms with Crippen molar-refractivity contribution in [1.82, 2.24) is 14.8 Å². The molecule has 2 aromatic carbocycles. The van der Waals surface area contributed by atoms with Gasteiger partial charge in [-0.1, -0.05) is 54.2 Å². The zero-order chi connectivity index (χ0) is 17.9. The van der Waals surface area contributed by atoms with E-state index in [2.05, 4.69) is 26.9 Å². The Hall–Kier alpha value is -2.47. The Labute approximate surface area is 155 Å². The van der Waals surface area contributed by atoms with Crippen LogP contribution in [0.1, 0.15) is 40.5 Å². The molecule has 0 amide bonds. The van der Waals surface area contributed by atoms with E-state index in [1.807, 2.05) is 18.2 Å². The molecule has 1 aromatic heterocycles. The summed E-state index contributed by atoms with van der Waals surface area (Å²) in [4.78, 5) is 12.3. The van der Waals surface area contributed by atoms with Crippen LogP contribution in [0.5, 0.6) is 0 Å². The molecule has 1 saturated carbocycles. The van der Waals surface area contributed by atoms with Gasteiger partial charge in [-0.3, -0.25) is 4.79 Å². The first-order chi connectivity index (χ1) is 12.7. The number of ketones is 1. The molecule has 1 heterocycles. The number of rotatable bonds is 7. The topological polar surface area (TPSA) is 47.8 Å². The molecule has 0 saturated heterocycles. The molecule has 6 heteroatoms. The van der Waals surface area contributed by atoms with Crippen LogP contribution in [0.3, 0.4) is 0 Å². The first-order valence-corrected chi connectivity index (χ1v) is 9.58. The summed E-state index contributed by atoms with van der Waals surface area (Å²) in [5.41, 5.74) is 1.56. The molecule has 3 aromatic rings. The van der Waals surface area contributed by atoms with Crippen molar-refractivity contribution in [1.29, 1.82) is 0 Å². The third kappa shape index (κ3) is 3.85.